The van der Waals surface area contributed by atoms with Crippen molar-refractivity contribution in [2.75, 3.05) is 0 Å². The van der Waals surface area contributed by atoms with Crippen LogP contribution in [0.15, 0.2) is 0 Å². The van der Waals surface area contributed by atoms with E-state index in [0.29, 0.717) is 0 Å². The molecule has 18 heteroatoms. The van der Waals surface area contributed by atoms with Crippen LogP contribution in [0, 0.1) is 5.92 Å². The van der Waals surface area contributed by atoms with E-state index in [4.69, 9.17) is 5.11 Å². The third-order valence-electron chi connectivity index (χ3n) is 0.927. The Kier molecular flexibility index (Phi) is 17.7. The molecular formula is C4H7B3F12KO2-3. The second-order valence-corrected chi connectivity index (χ2v) is 3.10. The van der Waals surface area contributed by atoms with Crippen molar-refractivity contribution < 1.29 is 115 Å². The van der Waals surface area contributed by atoms with Crippen molar-refractivity contribution in [3.05, 3.63) is 0 Å². The van der Waals surface area contributed by atoms with Gasteiger partial charge in [-0.25, -0.2) is 0 Å². The van der Waals surface area contributed by atoms with Crippen LogP contribution in [0.3, 0.4) is 0 Å². The molecule has 1 rings (SSSR count). The van der Waals surface area contributed by atoms with Crippen molar-refractivity contribution >= 4 is 27.7 Å². The normalized spacial score (nSPS) is 13.8. The van der Waals surface area contributed by atoms with Crippen LogP contribution < -0.4 is 51.4 Å². The van der Waals surface area contributed by atoms with E-state index in [1.807, 2.05) is 0 Å². The summed E-state index contributed by atoms with van der Waals surface area (Å²) in [6.45, 7) is 0. The van der Waals surface area contributed by atoms with Gasteiger partial charge in [0.25, 0.3) is 0 Å². The first-order valence-electron chi connectivity index (χ1n) is 4.65. The zero-order valence-electron chi connectivity index (χ0n) is 11.6. The predicted octanol–water partition coefficient (Wildman–Crippen LogP) is 1.50. The smallest absolute Gasteiger partial charge is 1.00 e. The minimum absolute atomic E-state index is 0. The second-order valence-electron chi connectivity index (χ2n) is 3.10. The monoisotopic (exact) mass is 387 g/mol. The summed E-state index contributed by atoms with van der Waals surface area (Å²) in [7, 11) is -18.0. The van der Waals surface area contributed by atoms with Crippen molar-refractivity contribution in [2.24, 2.45) is 5.92 Å². The predicted molar refractivity (Wildman–Crippen MR) is 52.0 cm³/mol. The molecule has 0 atom stereocenters. The summed E-state index contributed by atoms with van der Waals surface area (Å²) in [5, 5.41) is 8.05. The molecule has 1 fully saturated rings. The minimum Gasteiger partial charge on any atom is -1.00 e. The summed E-state index contributed by atoms with van der Waals surface area (Å²) in [5.74, 6) is -0.611. The number of hydrogen-bond donors (Lipinski definition) is 1. The van der Waals surface area contributed by atoms with Crippen molar-refractivity contribution in [1.29, 1.82) is 0 Å². The summed E-state index contributed by atoms with van der Waals surface area (Å²) >= 11 is 0. The van der Waals surface area contributed by atoms with Gasteiger partial charge in [-0.1, -0.05) is 0 Å². The van der Waals surface area contributed by atoms with Gasteiger partial charge in [0.2, 0.25) is 0 Å². The van der Waals surface area contributed by atoms with Gasteiger partial charge in [-0.05, 0) is 12.8 Å². The van der Waals surface area contributed by atoms with E-state index in [1.54, 1.807) is 0 Å². The number of hydrogen-bond acceptors (Lipinski definition) is 1. The Morgan fingerprint density at radius 1 is 0.727 bits per heavy atom. The van der Waals surface area contributed by atoms with Gasteiger partial charge >= 0.3 is 79.1 Å². The van der Waals surface area contributed by atoms with Crippen LogP contribution in [0.2, 0.25) is 0 Å². The fraction of sp³-hybridized carbons (Fsp3) is 0.750. The van der Waals surface area contributed by atoms with Gasteiger partial charge in [-0.15, -0.1) is 0 Å². The van der Waals surface area contributed by atoms with Crippen molar-refractivity contribution in [2.45, 2.75) is 12.8 Å². The Balaban J connectivity index is -0.0000000612. The first-order valence-corrected chi connectivity index (χ1v) is 4.65. The van der Waals surface area contributed by atoms with Gasteiger partial charge in [0.05, 0.1) is 5.92 Å². The number of carboxylic acids is 1. The Hall–Kier alpha value is 0.461. The molecule has 0 aromatic heterocycles. The molecule has 22 heavy (non-hydrogen) atoms. The Bertz CT molecular complexity index is 245. The standard InChI is InChI=1S/C4H6O2.3BF4.K.H/c5-4(6)3-1-2-3;3*2-1(3,4)5;;/h3H,1-2H2,(H,5,6);;;;;/q;3*-1;+1;-1. The van der Waals surface area contributed by atoms with Gasteiger partial charge in [-0.2, -0.15) is 0 Å². The van der Waals surface area contributed by atoms with Crippen LogP contribution in [-0.4, -0.2) is 32.8 Å². The van der Waals surface area contributed by atoms with Crippen molar-refractivity contribution in [3.63, 3.8) is 0 Å². The van der Waals surface area contributed by atoms with Crippen LogP contribution >= 0.6 is 0 Å². The quantitative estimate of drug-likeness (QED) is 0.548. The maximum absolute atomic E-state index is 9.76. The number of rotatable bonds is 1. The molecule has 0 aromatic carbocycles. The fourth-order valence-electron chi connectivity index (χ4n) is 0.330. The molecule has 0 unspecified atom stereocenters. The van der Waals surface area contributed by atoms with E-state index >= 15 is 0 Å². The molecule has 0 aromatic rings. The maximum Gasteiger partial charge on any atom is 1.00 e. The van der Waals surface area contributed by atoms with Crippen molar-refractivity contribution in [3.8, 4) is 0 Å². The molecular weight excluding hydrogens is 380 g/mol. The number of carboxylic acid groups (broad SMARTS) is 1. The van der Waals surface area contributed by atoms with Crippen LogP contribution in [0.5, 0.6) is 0 Å². The summed E-state index contributed by atoms with van der Waals surface area (Å²) in [4.78, 5) is 9.76. The summed E-state index contributed by atoms with van der Waals surface area (Å²) in [6.07, 6.45) is 1.80. The van der Waals surface area contributed by atoms with E-state index in [0.717, 1.165) is 12.8 Å². The largest absolute Gasteiger partial charge is 1.00 e. The Labute approximate surface area is 160 Å². The third kappa shape index (κ3) is 139. The van der Waals surface area contributed by atoms with Crippen LogP contribution in [0.1, 0.15) is 14.3 Å². The summed E-state index contributed by atoms with van der Waals surface area (Å²) in [5.41, 5.74) is 0. The summed E-state index contributed by atoms with van der Waals surface area (Å²) in [6, 6.07) is 0. The molecule has 0 amide bonds. The zero-order valence-corrected chi connectivity index (χ0v) is 13.7. The van der Waals surface area contributed by atoms with Gasteiger partial charge in [-0.3, -0.25) is 4.79 Å². The van der Waals surface area contributed by atoms with E-state index in [1.165, 1.54) is 0 Å². The number of halogens is 12. The van der Waals surface area contributed by atoms with E-state index < -0.39 is 27.7 Å². The molecule has 2 nitrogen and oxygen atoms in total. The molecule has 0 aliphatic heterocycles. The van der Waals surface area contributed by atoms with Gasteiger partial charge < -0.3 is 58.3 Å². The Morgan fingerprint density at radius 2 is 0.864 bits per heavy atom. The van der Waals surface area contributed by atoms with Gasteiger partial charge in [0.15, 0.2) is 0 Å². The first kappa shape index (κ1) is 30.4. The molecule has 132 valence electrons. The second kappa shape index (κ2) is 12.8. The molecule has 0 radical (unpaired) electrons. The van der Waals surface area contributed by atoms with E-state index in [-0.39, 0.29) is 58.7 Å². The molecule has 0 spiro atoms. The molecule has 1 N–H and O–H groups in total. The topological polar surface area (TPSA) is 37.3 Å². The first-order chi connectivity index (χ1) is 8.80. The molecule has 1 aliphatic carbocycles. The van der Waals surface area contributed by atoms with Gasteiger partial charge in [0.1, 0.15) is 0 Å². The van der Waals surface area contributed by atoms with Crippen molar-refractivity contribution in [1.82, 2.24) is 0 Å². The third-order valence-corrected chi connectivity index (χ3v) is 0.927. The average Bonchev–Trinajstić information content (AvgIpc) is 2.71. The molecule has 0 saturated heterocycles. The average molecular weight is 387 g/mol. The minimum atomic E-state index is -6.00. The maximum atomic E-state index is 9.76. The molecule has 1 saturated carbocycles. The number of carbonyl (C=O) groups is 1. The summed E-state index contributed by atoms with van der Waals surface area (Å²) < 4.78 is 117. The fourth-order valence-corrected chi connectivity index (χ4v) is 0.330. The Morgan fingerprint density at radius 3 is 0.864 bits per heavy atom. The SMILES string of the molecule is F[B-](F)(F)F.F[B-](F)(F)F.F[B-](F)(F)F.O=C(O)C1CC1.[H-].[K+]. The number of aliphatic carboxylic acids is 1. The van der Waals surface area contributed by atoms with Crippen LogP contribution in [0.25, 0.3) is 0 Å². The van der Waals surface area contributed by atoms with Gasteiger partial charge in [0, 0.05) is 0 Å². The molecule has 0 heterocycles. The van der Waals surface area contributed by atoms with E-state index in [9.17, 15) is 56.6 Å². The van der Waals surface area contributed by atoms with E-state index in [2.05, 4.69) is 0 Å². The van der Waals surface area contributed by atoms with Crippen LogP contribution in [-0.2, 0) is 4.79 Å². The van der Waals surface area contributed by atoms with Crippen LogP contribution in [0.4, 0.5) is 51.8 Å². The molecule has 0 bridgehead atoms. The molecule has 1 aliphatic rings. The zero-order chi connectivity index (χ0) is 18.1.